The Morgan fingerprint density at radius 3 is 2.11 bits per heavy atom. The second-order valence-electron chi connectivity index (χ2n) is 11.1. The zero-order chi connectivity index (χ0) is 27.0. The van der Waals surface area contributed by atoms with Crippen LogP contribution in [0, 0.1) is 18.8 Å². The SMILES string of the molecule is Cc1ccc(C(=O)Nc2cc(C(O)C#Cc3ccc(C(=O)O)cc3)cc3c2C(C)(C)CCC3(C)C)cc1. The summed E-state index contributed by atoms with van der Waals surface area (Å²) in [6.45, 7) is 10.8. The van der Waals surface area contributed by atoms with Crippen LogP contribution < -0.4 is 5.32 Å². The molecule has 37 heavy (non-hydrogen) atoms. The molecule has 1 aliphatic rings. The molecule has 3 N–H and O–H groups in total. The molecule has 5 nitrogen and oxygen atoms in total. The van der Waals surface area contributed by atoms with E-state index in [2.05, 4.69) is 44.9 Å². The minimum atomic E-state index is -1.08. The number of carbonyl (C=O) groups is 2. The molecule has 1 aliphatic carbocycles. The zero-order valence-corrected chi connectivity index (χ0v) is 22.0. The van der Waals surface area contributed by atoms with Gasteiger partial charge >= 0.3 is 5.97 Å². The van der Waals surface area contributed by atoms with Crippen molar-refractivity contribution in [1.29, 1.82) is 0 Å². The van der Waals surface area contributed by atoms with Crippen molar-refractivity contribution in [1.82, 2.24) is 0 Å². The van der Waals surface area contributed by atoms with Crippen molar-refractivity contribution in [2.75, 3.05) is 5.32 Å². The number of aliphatic hydroxyl groups excluding tert-OH is 1. The molecule has 0 saturated carbocycles. The lowest BCUT2D eigenvalue weighted by atomic mass is 9.62. The first-order valence-corrected chi connectivity index (χ1v) is 12.5. The molecular weight excluding hydrogens is 462 g/mol. The van der Waals surface area contributed by atoms with Gasteiger partial charge in [0, 0.05) is 16.8 Å². The van der Waals surface area contributed by atoms with E-state index < -0.39 is 12.1 Å². The summed E-state index contributed by atoms with van der Waals surface area (Å²) in [6, 6.07) is 17.5. The van der Waals surface area contributed by atoms with E-state index in [0.717, 1.165) is 29.5 Å². The molecule has 1 atom stereocenters. The fourth-order valence-electron chi connectivity index (χ4n) is 4.90. The van der Waals surface area contributed by atoms with Crippen molar-refractivity contribution < 1.29 is 19.8 Å². The van der Waals surface area contributed by atoms with Crippen LogP contribution in [0.1, 0.15) is 95.2 Å². The molecule has 1 amide bonds. The standard InChI is InChI=1S/C32H33NO4/c1-20-6-11-22(12-7-20)29(35)33-26-19-24(18-25-28(26)32(4,5)17-16-31(25,2)3)27(34)15-10-21-8-13-23(14-9-21)30(36)37/h6-9,11-14,18-19,27,34H,16-17H2,1-5H3,(H,33,35)(H,36,37). The Kier molecular flexibility index (Phi) is 6.99. The average molecular weight is 496 g/mol. The van der Waals surface area contributed by atoms with Gasteiger partial charge in [-0.2, -0.15) is 0 Å². The number of carbonyl (C=O) groups excluding carboxylic acids is 1. The number of fused-ring (bicyclic) bond motifs is 1. The third-order valence-electron chi connectivity index (χ3n) is 7.30. The number of carboxylic acid groups (broad SMARTS) is 1. The molecule has 0 bridgehead atoms. The van der Waals surface area contributed by atoms with Gasteiger partial charge in [-0.15, -0.1) is 0 Å². The number of carboxylic acids is 1. The highest BCUT2D eigenvalue weighted by Crippen LogP contribution is 2.49. The summed E-state index contributed by atoms with van der Waals surface area (Å²) in [5.41, 5.74) is 5.66. The normalized spacial score (nSPS) is 16.1. The Morgan fingerprint density at radius 1 is 0.892 bits per heavy atom. The van der Waals surface area contributed by atoms with Gasteiger partial charge in [0.15, 0.2) is 0 Å². The number of benzene rings is 3. The van der Waals surface area contributed by atoms with Crippen LogP contribution in [0.5, 0.6) is 0 Å². The van der Waals surface area contributed by atoms with Crippen LogP contribution in [0.4, 0.5) is 5.69 Å². The summed E-state index contributed by atoms with van der Waals surface area (Å²) in [4.78, 5) is 24.3. The summed E-state index contributed by atoms with van der Waals surface area (Å²) >= 11 is 0. The van der Waals surface area contributed by atoms with E-state index >= 15 is 0 Å². The molecule has 1 unspecified atom stereocenters. The predicted octanol–water partition coefficient (Wildman–Crippen LogP) is 6.38. The first-order valence-electron chi connectivity index (χ1n) is 12.5. The van der Waals surface area contributed by atoms with Gasteiger partial charge in [-0.3, -0.25) is 4.79 Å². The third-order valence-corrected chi connectivity index (χ3v) is 7.30. The minimum Gasteiger partial charge on any atom is -0.478 e. The first kappa shape index (κ1) is 26.2. The monoisotopic (exact) mass is 495 g/mol. The van der Waals surface area contributed by atoms with Crippen LogP contribution in [-0.4, -0.2) is 22.1 Å². The van der Waals surface area contributed by atoms with Gasteiger partial charge in [0.1, 0.15) is 6.10 Å². The minimum absolute atomic E-state index is 0.135. The van der Waals surface area contributed by atoms with Gasteiger partial charge in [-0.1, -0.05) is 63.3 Å². The van der Waals surface area contributed by atoms with Gasteiger partial charge in [0.2, 0.25) is 0 Å². The van der Waals surface area contributed by atoms with Crippen LogP contribution >= 0.6 is 0 Å². The van der Waals surface area contributed by atoms with E-state index in [-0.39, 0.29) is 22.3 Å². The molecule has 0 fully saturated rings. The quantitative estimate of drug-likeness (QED) is 0.367. The van der Waals surface area contributed by atoms with Crippen LogP contribution in [0.2, 0.25) is 0 Å². The van der Waals surface area contributed by atoms with Crippen LogP contribution in [0.3, 0.4) is 0 Å². The maximum absolute atomic E-state index is 13.2. The molecule has 0 heterocycles. The first-order chi connectivity index (χ1) is 17.4. The number of aromatic carboxylic acids is 1. The summed E-state index contributed by atoms with van der Waals surface area (Å²) in [5, 5.41) is 23.3. The predicted molar refractivity (Wildman–Crippen MR) is 146 cm³/mol. The van der Waals surface area contributed by atoms with Crippen molar-refractivity contribution in [3.63, 3.8) is 0 Å². The number of hydrogen-bond donors (Lipinski definition) is 3. The van der Waals surface area contributed by atoms with E-state index in [1.165, 1.54) is 12.1 Å². The van der Waals surface area contributed by atoms with Gasteiger partial charge < -0.3 is 15.5 Å². The molecule has 3 aromatic carbocycles. The third kappa shape index (κ3) is 5.60. The topological polar surface area (TPSA) is 86.6 Å². The largest absolute Gasteiger partial charge is 0.478 e. The highest BCUT2D eigenvalue weighted by molar-refractivity contribution is 6.05. The van der Waals surface area contributed by atoms with Gasteiger partial charge in [0.05, 0.1) is 5.56 Å². The maximum atomic E-state index is 13.2. The van der Waals surface area contributed by atoms with E-state index in [4.69, 9.17) is 5.11 Å². The van der Waals surface area contributed by atoms with Crippen molar-refractivity contribution >= 4 is 17.6 Å². The fourth-order valence-corrected chi connectivity index (χ4v) is 4.90. The van der Waals surface area contributed by atoms with Gasteiger partial charge in [-0.25, -0.2) is 4.79 Å². The second kappa shape index (κ2) is 9.88. The summed E-state index contributed by atoms with van der Waals surface area (Å²) in [5.74, 6) is 4.62. The molecule has 0 saturated heterocycles. The Hall–Kier alpha value is -3.88. The number of anilines is 1. The molecule has 0 aliphatic heterocycles. The molecule has 0 aromatic heterocycles. The molecule has 5 heteroatoms. The highest BCUT2D eigenvalue weighted by Gasteiger charge is 2.39. The van der Waals surface area contributed by atoms with E-state index in [1.807, 2.05) is 43.3 Å². The molecule has 190 valence electrons. The molecular formula is C32H33NO4. The number of amides is 1. The smallest absolute Gasteiger partial charge is 0.335 e. The van der Waals surface area contributed by atoms with Crippen LogP contribution in [0.15, 0.2) is 60.7 Å². The van der Waals surface area contributed by atoms with E-state index in [0.29, 0.717) is 22.4 Å². The average Bonchev–Trinajstić information content (AvgIpc) is 2.85. The van der Waals surface area contributed by atoms with Gasteiger partial charge in [-0.05, 0) is 89.8 Å². The molecule has 3 aromatic rings. The Morgan fingerprint density at radius 2 is 1.49 bits per heavy atom. The summed E-state index contributed by atoms with van der Waals surface area (Å²) < 4.78 is 0. The van der Waals surface area contributed by atoms with E-state index in [1.54, 1.807) is 12.1 Å². The van der Waals surface area contributed by atoms with Crippen molar-refractivity contribution in [2.24, 2.45) is 0 Å². The van der Waals surface area contributed by atoms with Crippen molar-refractivity contribution in [3.8, 4) is 11.8 Å². The molecule has 4 rings (SSSR count). The van der Waals surface area contributed by atoms with Crippen LogP contribution in [0.25, 0.3) is 0 Å². The number of rotatable bonds is 4. The zero-order valence-electron chi connectivity index (χ0n) is 22.0. The van der Waals surface area contributed by atoms with Crippen LogP contribution in [-0.2, 0) is 10.8 Å². The number of aryl methyl sites for hydroxylation is 1. The van der Waals surface area contributed by atoms with Crippen molar-refractivity contribution in [3.05, 3.63) is 99.6 Å². The second-order valence-corrected chi connectivity index (χ2v) is 11.1. The lowest BCUT2D eigenvalue weighted by Crippen LogP contribution is -2.35. The molecule has 0 spiro atoms. The number of aliphatic hydroxyl groups is 1. The number of hydrogen-bond acceptors (Lipinski definition) is 3. The number of nitrogens with one attached hydrogen (secondary N) is 1. The Labute approximate surface area is 218 Å². The summed E-state index contributed by atoms with van der Waals surface area (Å²) in [6.07, 6.45) is 0.883. The Balaban J connectivity index is 1.75. The van der Waals surface area contributed by atoms with Crippen molar-refractivity contribution in [2.45, 2.75) is 64.4 Å². The molecule has 0 radical (unpaired) electrons. The maximum Gasteiger partial charge on any atom is 0.335 e. The highest BCUT2D eigenvalue weighted by atomic mass is 16.4. The van der Waals surface area contributed by atoms with E-state index in [9.17, 15) is 14.7 Å². The fraction of sp³-hybridized carbons (Fsp3) is 0.312. The van der Waals surface area contributed by atoms with Gasteiger partial charge in [0.25, 0.3) is 5.91 Å². The lowest BCUT2D eigenvalue weighted by molar-refractivity contribution is 0.0696. The summed E-state index contributed by atoms with van der Waals surface area (Å²) in [7, 11) is 0. The lowest BCUT2D eigenvalue weighted by Gasteiger charge is -2.43. The Bertz CT molecular complexity index is 1400.